The highest BCUT2D eigenvalue weighted by Crippen LogP contribution is 2.20. The Bertz CT molecular complexity index is 325. The molecule has 0 heterocycles. The predicted molar refractivity (Wildman–Crippen MR) is 60.6 cm³/mol. The molecule has 0 aromatic heterocycles. The summed E-state index contributed by atoms with van der Waals surface area (Å²) < 4.78 is 12.9. The van der Waals surface area contributed by atoms with Crippen LogP contribution in [0.2, 0.25) is 5.02 Å². The second kappa shape index (κ2) is 5.47. The maximum Gasteiger partial charge on any atom is 0.123 e. The van der Waals surface area contributed by atoms with Crippen molar-refractivity contribution < 1.29 is 9.50 Å². The van der Waals surface area contributed by atoms with E-state index < -0.39 is 6.10 Å². The number of hydrogen-bond acceptors (Lipinski definition) is 1. The molecule has 0 saturated heterocycles. The molecule has 0 saturated carbocycles. The molecule has 1 atom stereocenters. The molecule has 0 aliphatic heterocycles. The van der Waals surface area contributed by atoms with E-state index in [0.29, 0.717) is 29.3 Å². The fraction of sp³-hybridized carbons (Fsp3) is 0.500. The van der Waals surface area contributed by atoms with Gasteiger partial charge < -0.3 is 5.11 Å². The Morgan fingerprint density at radius 3 is 2.67 bits per heavy atom. The maximum atomic E-state index is 12.9. The Morgan fingerprint density at radius 1 is 1.40 bits per heavy atom. The van der Waals surface area contributed by atoms with Gasteiger partial charge in [-0.05, 0) is 42.5 Å². The summed E-state index contributed by atoms with van der Waals surface area (Å²) in [5.41, 5.74) is 0.671. The van der Waals surface area contributed by atoms with Gasteiger partial charge in [-0.2, -0.15) is 0 Å². The van der Waals surface area contributed by atoms with Crippen molar-refractivity contribution in [2.45, 2.75) is 32.8 Å². The monoisotopic (exact) mass is 230 g/mol. The highest BCUT2D eigenvalue weighted by Gasteiger charge is 2.11. The minimum Gasteiger partial charge on any atom is -0.393 e. The number of aliphatic hydroxyl groups excluding tert-OH is 1. The predicted octanol–water partition coefficient (Wildman–Crippen LogP) is 3.43. The van der Waals surface area contributed by atoms with Crippen molar-refractivity contribution in [1.82, 2.24) is 0 Å². The summed E-state index contributed by atoms with van der Waals surface area (Å²) in [6.07, 6.45) is 0.658. The van der Waals surface area contributed by atoms with Crippen LogP contribution in [0.1, 0.15) is 25.8 Å². The van der Waals surface area contributed by atoms with Gasteiger partial charge in [0.15, 0.2) is 0 Å². The molecule has 1 aromatic rings. The van der Waals surface area contributed by atoms with Crippen LogP contribution in [0.5, 0.6) is 0 Å². The lowest BCUT2D eigenvalue weighted by Crippen LogP contribution is -2.13. The lowest BCUT2D eigenvalue weighted by molar-refractivity contribution is 0.149. The van der Waals surface area contributed by atoms with Gasteiger partial charge in [0.1, 0.15) is 5.82 Å². The molecule has 84 valence electrons. The molecule has 1 rings (SSSR count). The third-order valence-electron chi connectivity index (χ3n) is 2.21. The molecule has 1 nitrogen and oxygen atoms in total. The van der Waals surface area contributed by atoms with Crippen molar-refractivity contribution >= 4 is 11.6 Å². The molecule has 0 aliphatic carbocycles. The van der Waals surface area contributed by atoms with E-state index in [1.165, 1.54) is 18.2 Å². The van der Waals surface area contributed by atoms with Crippen LogP contribution in [-0.2, 0) is 6.42 Å². The minimum absolute atomic E-state index is 0.314. The van der Waals surface area contributed by atoms with Crippen LogP contribution in [0, 0.1) is 11.7 Å². The normalized spacial score (nSPS) is 13.2. The van der Waals surface area contributed by atoms with Crippen LogP contribution in [0.15, 0.2) is 18.2 Å². The summed E-state index contributed by atoms with van der Waals surface area (Å²) in [6, 6.07) is 4.22. The smallest absolute Gasteiger partial charge is 0.123 e. The van der Waals surface area contributed by atoms with Crippen LogP contribution < -0.4 is 0 Å². The van der Waals surface area contributed by atoms with E-state index in [4.69, 9.17) is 11.6 Å². The first-order valence-corrected chi connectivity index (χ1v) is 5.49. The summed E-state index contributed by atoms with van der Waals surface area (Å²) in [4.78, 5) is 0. The number of aliphatic hydroxyl groups is 1. The summed E-state index contributed by atoms with van der Waals surface area (Å²) in [6.45, 7) is 4.08. The van der Waals surface area contributed by atoms with Gasteiger partial charge in [-0.3, -0.25) is 0 Å². The molecule has 1 aromatic carbocycles. The largest absolute Gasteiger partial charge is 0.393 e. The van der Waals surface area contributed by atoms with Crippen LogP contribution in [-0.4, -0.2) is 11.2 Å². The van der Waals surface area contributed by atoms with Gasteiger partial charge >= 0.3 is 0 Å². The summed E-state index contributed by atoms with van der Waals surface area (Å²) in [5, 5.41) is 10.2. The topological polar surface area (TPSA) is 20.2 Å². The Balaban J connectivity index is 2.67. The van der Waals surface area contributed by atoms with E-state index in [0.717, 1.165) is 0 Å². The Hall–Kier alpha value is -0.600. The molecule has 0 bridgehead atoms. The molecule has 0 amide bonds. The van der Waals surface area contributed by atoms with Gasteiger partial charge in [0, 0.05) is 5.02 Å². The van der Waals surface area contributed by atoms with E-state index in [-0.39, 0.29) is 5.82 Å². The molecule has 15 heavy (non-hydrogen) atoms. The van der Waals surface area contributed by atoms with E-state index in [9.17, 15) is 9.50 Å². The van der Waals surface area contributed by atoms with Crippen molar-refractivity contribution in [3.8, 4) is 0 Å². The summed E-state index contributed by atoms with van der Waals surface area (Å²) in [5.74, 6) is 0.110. The molecule has 3 heteroatoms. The van der Waals surface area contributed by atoms with E-state index >= 15 is 0 Å². The van der Waals surface area contributed by atoms with Crippen molar-refractivity contribution in [3.05, 3.63) is 34.6 Å². The van der Waals surface area contributed by atoms with E-state index in [1.54, 1.807) is 0 Å². The highest BCUT2D eigenvalue weighted by atomic mass is 35.5. The average molecular weight is 231 g/mol. The minimum atomic E-state index is -0.454. The molecule has 0 aliphatic rings. The second-order valence-corrected chi connectivity index (χ2v) is 4.63. The molecule has 0 spiro atoms. The van der Waals surface area contributed by atoms with Crippen LogP contribution in [0.3, 0.4) is 0 Å². The zero-order chi connectivity index (χ0) is 11.4. The number of benzene rings is 1. The van der Waals surface area contributed by atoms with Gasteiger partial charge in [-0.25, -0.2) is 4.39 Å². The molecule has 1 unspecified atom stereocenters. The second-order valence-electron chi connectivity index (χ2n) is 4.22. The molecule has 1 N–H and O–H groups in total. The van der Waals surface area contributed by atoms with Crippen LogP contribution in [0.25, 0.3) is 0 Å². The summed E-state index contributed by atoms with van der Waals surface area (Å²) in [7, 11) is 0. The van der Waals surface area contributed by atoms with Crippen molar-refractivity contribution in [3.63, 3.8) is 0 Å². The third kappa shape index (κ3) is 4.18. The Kier molecular flexibility index (Phi) is 4.55. The average Bonchev–Trinajstić information content (AvgIpc) is 2.10. The zero-order valence-electron chi connectivity index (χ0n) is 9.00. The third-order valence-corrected chi connectivity index (χ3v) is 2.58. The van der Waals surface area contributed by atoms with E-state index in [1.807, 2.05) is 13.8 Å². The van der Waals surface area contributed by atoms with E-state index in [2.05, 4.69) is 0 Å². The van der Waals surface area contributed by atoms with Gasteiger partial charge in [-0.1, -0.05) is 25.4 Å². The first-order valence-electron chi connectivity index (χ1n) is 5.11. The molecule has 0 radical (unpaired) electrons. The Morgan fingerprint density at radius 2 is 2.07 bits per heavy atom. The lowest BCUT2D eigenvalue weighted by atomic mass is 10.00. The first-order chi connectivity index (χ1) is 6.99. The summed E-state index contributed by atoms with van der Waals surface area (Å²) >= 11 is 5.90. The van der Waals surface area contributed by atoms with Crippen molar-refractivity contribution in [2.24, 2.45) is 5.92 Å². The Labute approximate surface area is 94.9 Å². The van der Waals surface area contributed by atoms with Crippen molar-refractivity contribution in [1.29, 1.82) is 0 Å². The fourth-order valence-corrected chi connectivity index (χ4v) is 1.78. The highest BCUT2D eigenvalue weighted by molar-refractivity contribution is 6.31. The molecular formula is C12H16ClFO. The van der Waals surface area contributed by atoms with Gasteiger partial charge in [-0.15, -0.1) is 0 Å². The maximum absolute atomic E-state index is 12.9. The van der Waals surface area contributed by atoms with Crippen molar-refractivity contribution in [2.75, 3.05) is 0 Å². The quantitative estimate of drug-likeness (QED) is 0.840. The van der Waals surface area contributed by atoms with Crippen LogP contribution >= 0.6 is 11.6 Å². The molecular weight excluding hydrogens is 215 g/mol. The zero-order valence-corrected chi connectivity index (χ0v) is 9.76. The van der Waals surface area contributed by atoms with Gasteiger partial charge in [0.2, 0.25) is 0 Å². The molecule has 0 fully saturated rings. The first kappa shape index (κ1) is 12.5. The van der Waals surface area contributed by atoms with Crippen LogP contribution in [0.4, 0.5) is 4.39 Å². The number of hydrogen-bond donors (Lipinski definition) is 1. The van der Waals surface area contributed by atoms with Gasteiger partial charge in [0.25, 0.3) is 0 Å². The number of halogens is 2. The fourth-order valence-electron chi connectivity index (χ4n) is 1.58. The lowest BCUT2D eigenvalue weighted by Gasteiger charge is -2.13. The standard InChI is InChI=1S/C12H16ClFO/c1-8(2)5-11(15)7-9-6-10(14)3-4-12(9)13/h3-4,6,8,11,15H,5,7H2,1-2H3. The van der Waals surface area contributed by atoms with Gasteiger partial charge in [0.05, 0.1) is 6.10 Å². The SMILES string of the molecule is CC(C)CC(O)Cc1cc(F)ccc1Cl. The number of rotatable bonds is 4.